The third-order valence-corrected chi connectivity index (χ3v) is 5.14. The summed E-state index contributed by atoms with van der Waals surface area (Å²) in [6, 6.07) is 18.2. The van der Waals surface area contributed by atoms with Crippen LogP contribution in [0.5, 0.6) is 5.75 Å². The van der Waals surface area contributed by atoms with Gasteiger partial charge in [0, 0.05) is 19.2 Å². The summed E-state index contributed by atoms with van der Waals surface area (Å²) in [4.78, 5) is 15.2. The summed E-state index contributed by atoms with van der Waals surface area (Å²) in [7, 11) is 3.57. The third kappa shape index (κ3) is 3.03. The molecular formula is C21H25NO2. The third-order valence-electron chi connectivity index (χ3n) is 5.14. The zero-order valence-corrected chi connectivity index (χ0v) is 14.5. The monoisotopic (exact) mass is 323 g/mol. The van der Waals surface area contributed by atoms with Crippen LogP contribution < -0.4 is 4.74 Å². The molecule has 0 spiro atoms. The molecule has 126 valence electrons. The summed E-state index contributed by atoms with van der Waals surface area (Å²) in [6.07, 6.45) is 4.10. The number of methoxy groups -OCH3 is 1. The maximum atomic E-state index is 13.4. The number of rotatable bonds is 5. The Morgan fingerprint density at radius 1 is 1.04 bits per heavy atom. The molecule has 0 heterocycles. The van der Waals surface area contributed by atoms with Gasteiger partial charge in [0.1, 0.15) is 5.75 Å². The molecule has 0 aliphatic heterocycles. The number of para-hydroxylation sites is 1. The molecule has 1 aliphatic rings. The van der Waals surface area contributed by atoms with E-state index in [0.717, 1.165) is 42.6 Å². The van der Waals surface area contributed by atoms with E-state index in [1.54, 1.807) is 7.11 Å². The highest BCUT2D eigenvalue weighted by atomic mass is 16.5. The molecular weight excluding hydrogens is 298 g/mol. The summed E-state index contributed by atoms with van der Waals surface area (Å²) in [5.41, 5.74) is 1.83. The van der Waals surface area contributed by atoms with Crippen LogP contribution in [0, 0.1) is 0 Å². The molecule has 0 aromatic heterocycles. The van der Waals surface area contributed by atoms with Crippen LogP contribution in [-0.4, -0.2) is 25.0 Å². The van der Waals surface area contributed by atoms with Crippen molar-refractivity contribution >= 4 is 5.91 Å². The average molecular weight is 323 g/mol. The van der Waals surface area contributed by atoms with Gasteiger partial charge in [-0.2, -0.15) is 0 Å². The summed E-state index contributed by atoms with van der Waals surface area (Å²) in [5, 5.41) is 0. The number of hydrogen-bond donors (Lipinski definition) is 0. The van der Waals surface area contributed by atoms with Gasteiger partial charge in [-0.25, -0.2) is 0 Å². The van der Waals surface area contributed by atoms with Gasteiger partial charge < -0.3 is 9.64 Å². The number of amides is 1. The van der Waals surface area contributed by atoms with E-state index in [9.17, 15) is 4.79 Å². The van der Waals surface area contributed by atoms with Gasteiger partial charge in [0.2, 0.25) is 5.91 Å². The van der Waals surface area contributed by atoms with E-state index in [1.165, 1.54) is 0 Å². The van der Waals surface area contributed by atoms with Crippen molar-refractivity contribution in [2.75, 3.05) is 14.2 Å². The molecule has 0 saturated heterocycles. The molecule has 0 radical (unpaired) electrons. The van der Waals surface area contributed by atoms with Crippen molar-refractivity contribution < 1.29 is 9.53 Å². The number of nitrogens with zero attached hydrogens (tertiary/aromatic N) is 1. The zero-order valence-electron chi connectivity index (χ0n) is 14.5. The Kier molecular flexibility index (Phi) is 4.89. The fourth-order valence-corrected chi connectivity index (χ4v) is 3.89. The molecule has 0 N–H and O–H groups in total. The largest absolute Gasteiger partial charge is 0.496 e. The Morgan fingerprint density at radius 2 is 1.67 bits per heavy atom. The van der Waals surface area contributed by atoms with Crippen LogP contribution in [0.1, 0.15) is 36.8 Å². The van der Waals surface area contributed by atoms with Crippen molar-refractivity contribution in [1.82, 2.24) is 4.90 Å². The molecule has 2 aromatic rings. The summed E-state index contributed by atoms with van der Waals surface area (Å²) in [6.45, 7) is 0.567. The minimum absolute atomic E-state index is 0.220. The van der Waals surface area contributed by atoms with E-state index in [4.69, 9.17) is 4.74 Å². The normalized spacial score (nSPS) is 15.9. The summed E-state index contributed by atoms with van der Waals surface area (Å²) in [5.74, 6) is 1.05. The predicted octanol–water partition coefficient (Wildman–Crippen LogP) is 4.17. The van der Waals surface area contributed by atoms with Gasteiger partial charge in [-0.05, 0) is 24.5 Å². The maximum Gasteiger partial charge on any atom is 0.233 e. The van der Waals surface area contributed by atoms with E-state index < -0.39 is 0 Å². The van der Waals surface area contributed by atoms with E-state index in [2.05, 4.69) is 12.1 Å². The van der Waals surface area contributed by atoms with Crippen LogP contribution in [0.3, 0.4) is 0 Å². The number of carbonyl (C=O) groups is 1. The molecule has 24 heavy (non-hydrogen) atoms. The second-order valence-electron chi connectivity index (χ2n) is 6.63. The number of ether oxygens (including phenoxy) is 1. The number of likely N-dealkylation sites (N-methyl/N-ethyl adjacent to an activating group) is 1. The van der Waals surface area contributed by atoms with E-state index in [1.807, 2.05) is 54.4 Å². The first-order valence-electron chi connectivity index (χ1n) is 8.60. The first-order valence-corrected chi connectivity index (χ1v) is 8.60. The van der Waals surface area contributed by atoms with Crippen LogP contribution in [0.25, 0.3) is 0 Å². The quantitative estimate of drug-likeness (QED) is 0.826. The first-order chi connectivity index (χ1) is 11.7. The molecule has 3 nitrogen and oxygen atoms in total. The molecule has 1 saturated carbocycles. The average Bonchev–Trinajstić information content (AvgIpc) is 3.13. The summed E-state index contributed by atoms with van der Waals surface area (Å²) < 4.78 is 5.42. The van der Waals surface area contributed by atoms with Crippen molar-refractivity contribution in [2.24, 2.45) is 0 Å². The minimum Gasteiger partial charge on any atom is -0.496 e. The lowest BCUT2D eigenvalue weighted by Gasteiger charge is -2.33. The fourth-order valence-electron chi connectivity index (χ4n) is 3.89. The minimum atomic E-state index is -0.363. The van der Waals surface area contributed by atoms with Gasteiger partial charge in [0.05, 0.1) is 12.5 Å². The van der Waals surface area contributed by atoms with Gasteiger partial charge in [-0.15, -0.1) is 0 Å². The highest BCUT2D eigenvalue weighted by molar-refractivity contribution is 5.88. The fraction of sp³-hybridized carbons (Fsp3) is 0.381. The topological polar surface area (TPSA) is 29.5 Å². The Morgan fingerprint density at radius 3 is 2.33 bits per heavy atom. The Balaban J connectivity index is 1.86. The molecule has 2 aromatic carbocycles. The Bertz CT molecular complexity index is 690. The van der Waals surface area contributed by atoms with Crippen molar-refractivity contribution in [3.05, 3.63) is 65.7 Å². The van der Waals surface area contributed by atoms with Crippen LogP contribution in [-0.2, 0) is 16.8 Å². The molecule has 1 fully saturated rings. The van der Waals surface area contributed by atoms with Gasteiger partial charge in [-0.1, -0.05) is 61.4 Å². The number of carbonyl (C=O) groups excluding carboxylic acids is 1. The van der Waals surface area contributed by atoms with E-state index >= 15 is 0 Å². The van der Waals surface area contributed by atoms with Crippen LogP contribution in [0.15, 0.2) is 54.6 Å². The number of benzene rings is 2. The molecule has 0 atom stereocenters. The van der Waals surface area contributed by atoms with Crippen LogP contribution >= 0.6 is 0 Å². The SMILES string of the molecule is COc1ccccc1CN(C)C(=O)C1(c2ccccc2)CCCC1. The van der Waals surface area contributed by atoms with Crippen molar-refractivity contribution in [3.63, 3.8) is 0 Å². The highest BCUT2D eigenvalue weighted by Gasteiger charge is 2.44. The molecule has 0 bridgehead atoms. The molecule has 1 amide bonds. The first kappa shape index (κ1) is 16.6. The van der Waals surface area contributed by atoms with Crippen molar-refractivity contribution in [3.8, 4) is 5.75 Å². The standard InChI is InChI=1S/C21H25NO2/c1-22(16-17-10-6-7-13-19(17)24-2)20(23)21(14-8-9-15-21)18-11-4-3-5-12-18/h3-7,10-13H,8-9,14-16H2,1-2H3. The Hall–Kier alpha value is -2.29. The lowest BCUT2D eigenvalue weighted by atomic mass is 9.77. The van der Waals surface area contributed by atoms with Crippen LogP contribution in [0.2, 0.25) is 0 Å². The van der Waals surface area contributed by atoms with E-state index in [-0.39, 0.29) is 11.3 Å². The second-order valence-corrected chi connectivity index (χ2v) is 6.63. The smallest absolute Gasteiger partial charge is 0.233 e. The van der Waals surface area contributed by atoms with Crippen LogP contribution in [0.4, 0.5) is 0 Å². The summed E-state index contributed by atoms with van der Waals surface area (Å²) >= 11 is 0. The predicted molar refractivity (Wildman–Crippen MR) is 96.1 cm³/mol. The molecule has 3 rings (SSSR count). The van der Waals surface area contributed by atoms with Gasteiger partial charge in [0.25, 0.3) is 0 Å². The molecule has 1 aliphatic carbocycles. The van der Waals surface area contributed by atoms with Crippen molar-refractivity contribution in [2.45, 2.75) is 37.6 Å². The molecule has 0 unspecified atom stereocenters. The second kappa shape index (κ2) is 7.08. The maximum absolute atomic E-state index is 13.4. The van der Waals surface area contributed by atoms with Gasteiger partial charge in [0.15, 0.2) is 0 Å². The zero-order chi connectivity index (χ0) is 17.0. The Labute approximate surface area is 144 Å². The van der Waals surface area contributed by atoms with Gasteiger partial charge in [-0.3, -0.25) is 4.79 Å². The lowest BCUT2D eigenvalue weighted by molar-refractivity contribution is -0.136. The molecule has 3 heteroatoms. The lowest BCUT2D eigenvalue weighted by Crippen LogP contribution is -2.43. The van der Waals surface area contributed by atoms with Gasteiger partial charge >= 0.3 is 0 Å². The van der Waals surface area contributed by atoms with Crippen molar-refractivity contribution in [1.29, 1.82) is 0 Å². The number of hydrogen-bond acceptors (Lipinski definition) is 2. The highest BCUT2D eigenvalue weighted by Crippen LogP contribution is 2.42. The van der Waals surface area contributed by atoms with E-state index in [0.29, 0.717) is 6.54 Å².